The summed E-state index contributed by atoms with van der Waals surface area (Å²) in [5, 5.41) is 10.8. The molecule has 5 heterocycles. The van der Waals surface area contributed by atoms with Crippen LogP contribution in [0.2, 0.25) is 0 Å². The molecular formula is C27H22FN7O2. The Hall–Kier alpha value is -4.86. The number of hydrogen-bond donors (Lipinski definition) is 3. The molecule has 0 aliphatic carbocycles. The molecule has 6 aromatic rings. The topological polar surface area (TPSA) is 125 Å². The van der Waals surface area contributed by atoms with Gasteiger partial charge in [0.2, 0.25) is 5.91 Å². The fraction of sp³-hybridized carbons (Fsp3) is 0.148. The summed E-state index contributed by atoms with van der Waals surface area (Å²) in [5.41, 5.74) is 5.44. The number of aromatic amines is 2. The molecule has 37 heavy (non-hydrogen) atoms. The van der Waals surface area contributed by atoms with Gasteiger partial charge in [0.1, 0.15) is 17.0 Å². The molecule has 9 nitrogen and oxygen atoms in total. The van der Waals surface area contributed by atoms with Gasteiger partial charge in [0, 0.05) is 52.5 Å². The molecule has 0 fully saturated rings. The normalized spacial score (nSPS) is 11.6. The van der Waals surface area contributed by atoms with E-state index >= 15 is 4.39 Å². The highest BCUT2D eigenvalue weighted by atomic mass is 19.1. The van der Waals surface area contributed by atoms with Gasteiger partial charge in [-0.05, 0) is 30.2 Å². The number of pyridine rings is 2. The maximum Gasteiger partial charge on any atom is 0.224 e. The molecule has 0 atom stereocenters. The Morgan fingerprint density at radius 1 is 1.14 bits per heavy atom. The summed E-state index contributed by atoms with van der Waals surface area (Å²) < 4.78 is 20.4. The summed E-state index contributed by atoms with van der Waals surface area (Å²) in [6.45, 7) is 3.94. The van der Waals surface area contributed by atoms with E-state index in [1.165, 1.54) is 6.07 Å². The van der Waals surface area contributed by atoms with E-state index < -0.39 is 5.82 Å². The van der Waals surface area contributed by atoms with E-state index in [-0.39, 0.29) is 11.8 Å². The number of hydrogen-bond acceptors (Lipinski definition) is 6. The summed E-state index contributed by atoms with van der Waals surface area (Å²) in [4.78, 5) is 28.8. The zero-order chi connectivity index (χ0) is 25.5. The molecule has 6 rings (SSSR count). The van der Waals surface area contributed by atoms with Gasteiger partial charge in [-0.3, -0.25) is 14.9 Å². The quantitative estimate of drug-likeness (QED) is 0.262. The average Bonchev–Trinajstić information content (AvgIpc) is 3.62. The van der Waals surface area contributed by atoms with Gasteiger partial charge in [-0.25, -0.2) is 14.4 Å². The van der Waals surface area contributed by atoms with Crippen molar-refractivity contribution in [2.45, 2.75) is 20.3 Å². The van der Waals surface area contributed by atoms with Crippen LogP contribution in [-0.4, -0.2) is 36.0 Å². The third-order valence-electron chi connectivity index (χ3n) is 6.02. The molecule has 10 heteroatoms. The van der Waals surface area contributed by atoms with Crippen LogP contribution in [-0.2, 0) is 4.79 Å². The highest BCUT2D eigenvalue weighted by Gasteiger charge is 2.19. The Morgan fingerprint density at radius 3 is 2.84 bits per heavy atom. The fourth-order valence-corrected chi connectivity index (χ4v) is 4.35. The van der Waals surface area contributed by atoms with Gasteiger partial charge in [0.15, 0.2) is 11.5 Å². The van der Waals surface area contributed by atoms with Crippen molar-refractivity contribution in [1.29, 1.82) is 0 Å². The number of nitrogens with one attached hydrogen (secondary N) is 3. The lowest BCUT2D eigenvalue weighted by Gasteiger charge is -2.09. The Bertz CT molecular complexity index is 1750. The maximum absolute atomic E-state index is 15.2. The summed E-state index contributed by atoms with van der Waals surface area (Å²) in [7, 11) is 0. The number of benzene rings is 1. The second-order valence-corrected chi connectivity index (χ2v) is 9.21. The van der Waals surface area contributed by atoms with E-state index in [1.807, 2.05) is 26.0 Å². The van der Waals surface area contributed by atoms with E-state index in [0.29, 0.717) is 56.8 Å². The number of nitrogens with zero attached hydrogens (tertiary/aromatic N) is 4. The van der Waals surface area contributed by atoms with Crippen LogP contribution in [0.25, 0.3) is 55.8 Å². The molecule has 0 radical (unpaired) electrons. The first kappa shape index (κ1) is 22.6. The van der Waals surface area contributed by atoms with E-state index in [2.05, 4.69) is 30.5 Å². The number of imidazole rings is 1. The van der Waals surface area contributed by atoms with Crippen molar-refractivity contribution in [2.24, 2.45) is 5.92 Å². The smallest absolute Gasteiger partial charge is 0.224 e. The summed E-state index contributed by atoms with van der Waals surface area (Å²) >= 11 is 0. The van der Waals surface area contributed by atoms with Crippen LogP contribution >= 0.6 is 0 Å². The highest BCUT2D eigenvalue weighted by molar-refractivity contribution is 5.98. The molecule has 5 aromatic heterocycles. The number of rotatable bonds is 6. The molecular weight excluding hydrogens is 473 g/mol. The number of anilines is 1. The number of fused-ring (bicyclic) bond motifs is 2. The monoisotopic (exact) mass is 495 g/mol. The van der Waals surface area contributed by atoms with Crippen LogP contribution in [0.4, 0.5) is 10.1 Å². The second-order valence-electron chi connectivity index (χ2n) is 9.21. The molecule has 0 saturated heterocycles. The number of halogens is 1. The lowest BCUT2D eigenvalue weighted by Crippen LogP contribution is -2.14. The summed E-state index contributed by atoms with van der Waals surface area (Å²) in [5.74, 6) is 0.161. The Balaban J connectivity index is 1.41. The fourth-order valence-electron chi connectivity index (χ4n) is 4.35. The van der Waals surface area contributed by atoms with Gasteiger partial charge in [-0.2, -0.15) is 5.10 Å². The first-order valence-corrected chi connectivity index (χ1v) is 11.8. The number of aromatic nitrogens is 6. The minimum absolute atomic E-state index is 0.115. The minimum atomic E-state index is -0.441. The lowest BCUT2D eigenvalue weighted by molar-refractivity contribution is -0.116. The van der Waals surface area contributed by atoms with Gasteiger partial charge in [-0.1, -0.05) is 13.8 Å². The molecule has 0 aliphatic heterocycles. The van der Waals surface area contributed by atoms with Crippen LogP contribution in [0, 0.1) is 11.7 Å². The summed E-state index contributed by atoms with van der Waals surface area (Å²) in [6, 6.07) is 8.53. The largest absolute Gasteiger partial charge is 0.472 e. The van der Waals surface area contributed by atoms with Crippen molar-refractivity contribution in [2.75, 3.05) is 5.32 Å². The van der Waals surface area contributed by atoms with Crippen LogP contribution in [0.5, 0.6) is 0 Å². The van der Waals surface area contributed by atoms with E-state index in [0.717, 1.165) is 11.1 Å². The standard InChI is InChI=1S/C27H22FN7O2/c1-14(2)7-23(36)31-17-8-16(11-29-12-17)19-9-20-22(10-21(19)28)34-35-25(20)27-32-24-18(15-4-6-37-13-15)3-5-30-26(24)33-27/h3-6,8-14H,7H2,1-2H3,(H,31,36)(H,34,35)(H,30,32,33). The van der Waals surface area contributed by atoms with Crippen molar-refractivity contribution >= 4 is 33.7 Å². The van der Waals surface area contributed by atoms with Crippen LogP contribution in [0.15, 0.2) is 65.9 Å². The maximum atomic E-state index is 15.2. The van der Waals surface area contributed by atoms with Gasteiger partial charge in [0.05, 0.1) is 29.9 Å². The number of carbonyl (C=O) groups excluding carboxylic acids is 1. The van der Waals surface area contributed by atoms with Crippen molar-refractivity contribution in [1.82, 2.24) is 30.1 Å². The second kappa shape index (κ2) is 8.98. The zero-order valence-electron chi connectivity index (χ0n) is 20.0. The molecule has 1 amide bonds. The number of furan rings is 1. The number of carbonyl (C=O) groups is 1. The first-order valence-electron chi connectivity index (χ1n) is 11.8. The van der Waals surface area contributed by atoms with Crippen LogP contribution < -0.4 is 5.32 Å². The van der Waals surface area contributed by atoms with Crippen LogP contribution in [0.1, 0.15) is 20.3 Å². The number of amides is 1. The van der Waals surface area contributed by atoms with Crippen molar-refractivity contribution in [3.05, 3.63) is 67.3 Å². The van der Waals surface area contributed by atoms with E-state index in [1.54, 1.807) is 43.2 Å². The molecule has 3 N–H and O–H groups in total. The molecule has 0 bridgehead atoms. The third kappa shape index (κ3) is 4.22. The predicted molar refractivity (Wildman–Crippen MR) is 138 cm³/mol. The van der Waals surface area contributed by atoms with Crippen molar-refractivity contribution in [3.8, 4) is 33.8 Å². The van der Waals surface area contributed by atoms with Crippen LogP contribution in [0.3, 0.4) is 0 Å². The Morgan fingerprint density at radius 2 is 2.03 bits per heavy atom. The van der Waals surface area contributed by atoms with Crippen molar-refractivity contribution in [3.63, 3.8) is 0 Å². The first-order chi connectivity index (χ1) is 18.0. The van der Waals surface area contributed by atoms with E-state index in [4.69, 9.17) is 9.40 Å². The molecule has 0 saturated carbocycles. The lowest BCUT2D eigenvalue weighted by atomic mass is 10.0. The summed E-state index contributed by atoms with van der Waals surface area (Å²) in [6.07, 6.45) is 8.44. The minimum Gasteiger partial charge on any atom is -0.472 e. The molecule has 0 unspecified atom stereocenters. The Labute approximate surface area is 210 Å². The van der Waals surface area contributed by atoms with E-state index in [9.17, 15) is 4.79 Å². The van der Waals surface area contributed by atoms with Gasteiger partial charge < -0.3 is 14.7 Å². The molecule has 1 aromatic carbocycles. The van der Waals surface area contributed by atoms with Gasteiger partial charge in [-0.15, -0.1) is 0 Å². The molecule has 0 spiro atoms. The van der Waals surface area contributed by atoms with Gasteiger partial charge >= 0.3 is 0 Å². The Kier molecular flexibility index (Phi) is 5.48. The number of H-pyrrole nitrogens is 2. The highest BCUT2D eigenvalue weighted by Crippen LogP contribution is 2.34. The predicted octanol–water partition coefficient (Wildman–Crippen LogP) is 5.95. The van der Waals surface area contributed by atoms with Crippen molar-refractivity contribution < 1.29 is 13.6 Å². The zero-order valence-corrected chi connectivity index (χ0v) is 20.0. The third-order valence-corrected chi connectivity index (χ3v) is 6.02. The molecule has 0 aliphatic rings. The molecule has 184 valence electrons. The van der Waals surface area contributed by atoms with Gasteiger partial charge in [0.25, 0.3) is 0 Å². The average molecular weight is 496 g/mol. The SMILES string of the molecule is CC(C)CC(=O)Nc1cncc(-c2cc3c(-c4nc5c(-c6ccoc6)ccnc5[nH]4)n[nH]c3cc2F)c1.